The molecule has 9 heteroatoms. The van der Waals surface area contributed by atoms with Crippen molar-refractivity contribution in [3.63, 3.8) is 0 Å². The van der Waals surface area contributed by atoms with E-state index in [-0.39, 0.29) is 36.4 Å². The number of halogens is 2. The van der Waals surface area contributed by atoms with Crippen molar-refractivity contribution in [3.8, 4) is 0 Å². The highest BCUT2D eigenvalue weighted by molar-refractivity contribution is 14.0. The fraction of sp³-hybridized carbons (Fsp3) is 0.286. The third-order valence-corrected chi connectivity index (χ3v) is 4.29. The average molecular weight is 544 g/mol. The number of primary amides is 1. The van der Waals surface area contributed by atoms with E-state index in [4.69, 9.17) is 17.3 Å². The van der Waals surface area contributed by atoms with Crippen LogP contribution in [0.3, 0.4) is 0 Å². The first kappa shape index (κ1) is 25.7. The Hall–Kier alpha value is -2.33. The van der Waals surface area contributed by atoms with Crippen molar-refractivity contribution in [1.82, 2.24) is 15.5 Å². The zero-order valence-corrected chi connectivity index (χ0v) is 20.1. The Bertz CT molecular complexity index is 874. The molecule has 0 bridgehead atoms. The molecule has 2 aromatic rings. The second-order valence-electron chi connectivity index (χ2n) is 6.50. The molecular weight excluding hydrogens is 517 g/mol. The predicted octanol–water partition coefficient (Wildman–Crippen LogP) is 2.77. The SMILES string of the molecule is CCNC(=NCc1ccc(C(=O)NCC(N)=O)cc1)N(C)Cc1cccc(Cl)c1.I. The molecule has 0 radical (unpaired) electrons. The lowest BCUT2D eigenvalue weighted by molar-refractivity contribution is -0.117. The van der Waals surface area contributed by atoms with E-state index in [0.29, 0.717) is 23.7 Å². The van der Waals surface area contributed by atoms with Crippen molar-refractivity contribution in [3.05, 3.63) is 70.2 Å². The average Bonchev–Trinajstić information content (AvgIpc) is 2.69. The van der Waals surface area contributed by atoms with E-state index in [0.717, 1.165) is 23.6 Å². The quantitative estimate of drug-likeness (QED) is 0.271. The molecule has 2 aromatic carbocycles. The van der Waals surface area contributed by atoms with E-state index < -0.39 is 5.91 Å². The van der Waals surface area contributed by atoms with Crippen LogP contribution in [0, 0.1) is 0 Å². The van der Waals surface area contributed by atoms with Crippen LogP contribution >= 0.6 is 35.6 Å². The van der Waals surface area contributed by atoms with Gasteiger partial charge in [0.05, 0.1) is 13.1 Å². The number of guanidine groups is 1. The van der Waals surface area contributed by atoms with Crippen LogP contribution in [0.2, 0.25) is 5.02 Å². The van der Waals surface area contributed by atoms with Crippen LogP contribution in [0.1, 0.15) is 28.4 Å². The molecule has 0 aliphatic rings. The van der Waals surface area contributed by atoms with Gasteiger partial charge in [-0.05, 0) is 42.3 Å². The van der Waals surface area contributed by atoms with E-state index in [2.05, 4.69) is 15.6 Å². The Morgan fingerprint density at radius 1 is 1.10 bits per heavy atom. The lowest BCUT2D eigenvalue weighted by Gasteiger charge is -2.22. The van der Waals surface area contributed by atoms with Crippen LogP contribution < -0.4 is 16.4 Å². The number of nitrogens with two attached hydrogens (primary N) is 1. The molecule has 0 saturated carbocycles. The zero-order chi connectivity index (χ0) is 21.2. The fourth-order valence-corrected chi connectivity index (χ4v) is 2.86. The molecule has 2 amide bonds. The van der Waals surface area contributed by atoms with Crippen molar-refractivity contribution < 1.29 is 9.59 Å². The molecule has 0 heterocycles. The Morgan fingerprint density at radius 3 is 2.40 bits per heavy atom. The van der Waals surface area contributed by atoms with Gasteiger partial charge in [-0.25, -0.2) is 4.99 Å². The van der Waals surface area contributed by atoms with Crippen molar-refractivity contribution in [2.45, 2.75) is 20.0 Å². The van der Waals surface area contributed by atoms with Crippen molar-refractivity contribution in [2.75, 3.05) is 20.1 Å². The van der Waals surface area contributed by atoms with Gasteiger partial charge in [-0.2, -0.15) is 0 Å². The molecule has 0 spiro atoms. The summed E-state index contributed by atoms with van der Waals surface area (Å²) in [4.78, 5) is 29.4. The number of hydrogen-bond acceptors (Lipinski definition) is 3. The van der Waals surface area contributed by atoms with Crippen molar-refractivity contribution in [1.29, 1.82) is 0 Å². The van der Waals surface area contributed by atoms with Gasteiger partial charge < -0.3 is 21.3 Å². The minimum absolute atomic E-state index is 0. The van der Waals surface area contributed by atoms with Gasteiger partial charge in [0.2, 0.25) is 5.91 Å². The van der Waals surface area contributed by atoms with Gasteiger partial charge in [-0.15, -0.1) is 24.0 Å². The number of nitrogens with zero attached hydrogens (tertiary/aromatic N) is 2. The maximum Gasteiger partial charge on any atom is 0.251 e. The lowest BCUT2D eigenvalue weighted by Crippen LogP contribution is -2.38. The number of nitrogens with one attached hydrogen (secondary N) is 2. The summed E-state index contributed by atoms with van der Waals surface area (Å²) in [5, 5.41) is 6.45. The van der Waals surface area contributed by atoms with Crippen LogP contribution in [0.4, 0.5) is 0 Å². The van der Waals surface area contributed by atoms with E-state index in [9.17, 15) is 9.59 Å². The first-order valence-corrected chi connectivity index (χ1v) is 9.66. The molecule has 0 aromatic heterocycles. The molecule has 0 fully saturated rings. The van der Waals surface area contributed by atoms with E-state index in [1.807, 2.05) is 55.3 Å². The maximum atomic E-state index is 11.9. The predicted molar refractivity (Wildman–Crippen MR) is 131 cm³/mol. The highest BCUT2D eigenvalue weighted by Crippen LogP contribution is 2.12. The normalized spacial score (nSPS) is 10.7. The number of carbonyl (C=O) groups is 2. The number of benzene rings is 2. The molecule has 2 rings (SSSR count). The summed E-state index contributed by atoms with van der Waals surface area (Å²) in [6.07, 6.45) is 0. The molecule has 162 valence electrons. The monoisotopic (exact) mass is 543 g/mol. The summed E-state index contributed by atoms with van der Waals surface area (Å²) < 4.78 is 0. The summed E-state index contributed by atoms with van der Waals surface area (Å²) >= 11 is 6.06. The molecule has 0 aliphatic heterocycles. The largest absolute Gasteiger partial charge is 0.368 e. The first-order chi connectivity index (χ1) is 13.9. The van der Waals surface area contributed by atoms with Crippen LogP contribution in [-0.2, 0) is 17.9 Å². The summed E-state index contributed by atoms with van der Waals surface area (Å²) in [5.74, 6) is -0.147. The molecule has 0 unspecified atom stereocenters. The molecule has 0 saturated heterocycles. The first-order valence-electron chi connectivity index (χ1n) is 9.28. The third kappa shape index (κ3) is 8.58. The Kier molecular flexibility index (Phi) is 11.2. The van der Waals surface area contributed by atoms with Crippen molar-refractivity contribution in [2.24, 2.45) is 10.7 Å². The highest BCUT2D eigenvalue weighted by Gasteiger charge is 2.08. The summed E-state index contributed by atoms with van der Waals surface area (Å²) in [7, 11) is 1.97. The van der Waals surface area contributed by atoms with E-state index in [1.54, 1.807) is 12.1 Å². The molecule has 0 atom stereocenters. The third-order valence-electron chi connectivity index (χ3n) is 4.06. The molecular formula is C21H27ClIN5O2. The smallest absolute Gasteiger partial charge is 0.251 e. The van der Waals surface area contributed by atoms with Crippen LogP contribution in [0.15, 0.2) is 53.5 Å². The summed E-state index contributed by atoms with van der Waals surface area (Å²) in [6, 6.07) is 14.8. The highest BCUT2D eigenvalue weighted by atomic mass is 127. The van der Waals surface area contributed by atoms with E-state index in [1.165, 1.54) is 0 Å². The summed E-state index contributed by atoms with van der Waals surface area (Å²) in [6.45, 7) is 3.71. The van der Waals surface area contributed by atoms with Gasteiger partial charge in [-0.1, -0.05) is 35.9 Å². The van der Waals surface area contributed by atoms with Gasteiger partial charge >= 0.3 is 0 Å². The van der Waals surface area contributed by atoms with Gasteiger partial charge in [0.15, 0.2) is 5.96 Å². The van der Waals surface area contributed by atoms with Crippen LogP contribution in [0.25, 0.3) is 0 Å². The van der Waals surface area contributed by atoms with Gasteiger partial charge in [0, 0.05) is 30.7 Å². The fourth-order valence-electron chi connectivity index (χ4n) is 2.65. The number of rotatable bonds is 8. The van der Waals surface area contributed by atoms with Gasteiger partial charge in [0.25, 0.3) is 5.91 Å². The number of carbonyl (C=O) groups excluding carboxylic acids is 2. The van der Waals surface area contributed by atoms with Crippen molar-refractivity contribution >= 4 is 53.4 Å². The second kappa shape index (κ2) is 13.1. The maximum absolute atomic E-state index is 11.9. The molecule has 30 heavy (non-hydrogen) atoms. The van der Waals surface area contributed by atoms with E-state index >= 15 is 0 Å². The van der Waals surface area contributed by atoms with Crippen LogP contribution in [-0.4, -0.2) is 42.8 Å². The van der Waals surface area contributed by atoms with Crippen LogP contribution in [0.5, 0.6) is 0 Å². The molecule has 0 aliphatic carbocycles. The Labute approximate surface area is 199 Å². The topological polar surface area (TPSA) is 99.8 Å². The molecule has 7 nitrogen and oxygen atoms in total. The standard InChI is InChI=1S/C21H26ClN5O2.HI/c1-3-24-21(27(2)14-16-5-4-6-18(22)11-16)26-12-15-7-9-17(10-8-15)20(29)25-13-19(23)28;/h4-11H,3,12-14H2,1-2H3,(H2,23,28)(H,24,26)(H,25,29);1H. The second-order valence-corrected chi connectivity index (χ2v) is 6.94. The Balaban J connectivity index is 0.00000450. The number of amides is 2. The molecule has 4 N–H and O–H groups in total. The summed E-state index contributed by atoms with van der Waals surface area (Å²) in [5.41, 5.74) is 7.55. The van der Waals surface area contributed by atoms with Gasteiger partial charge in [0.1, 0.15) is 0 Å². The van der Waals surface area contributed by atoms with Gasteiger partial charge in [-0.3, -0.25) is 9.59 Å². The Morgan fingerprint density at radius 2 is 1.80 bits per heavy atom. The number of hydrogen-bond donors (Lipinski definition) is 3. The minimum Gasteiger partial charge on any atom is -0.368 e. The minimum atomic E-state index is -0.581. The lowest BCUT2D eigenvalue weighted by atomic mass is 10.1. The number of aliphatic imine (C=N–C) groups is 1. The zero-order valence-electron chi connectivity index (χ0n) is 17.0.